The van der Waals surface area contributed by atoms with E-state index in [1.54, 1.807) is 0 Å². The van der Waals surface area contributed by atoms with Gasteiger partial charge >= 0.3 is 5.97 Å². The Kier molecular flexibility index (Phi) is 7.35. The van der Waals surface area contributed by atoms with E-state index in [0.29, 0.717) is 5.92 Å². The van der Waals surface area contributed by atoms with Crippen LogP contribution in [0.5, 0.6) is 0 Å². The smallest absolute Gasteiger partial charge is 0.308 e. The number of allylic oxidation sites excluding steroid dienone is 1. The molecule has 0 aliphatic carbocycles. The van der Waals surface area contributed by atoms with Gasteiger partial charge in [0, 0.05) is 0 Å². The molecule has 0 radical (unpaired) electrons. The normalized spacial score (nSPS) is 14.9. The summed E-state index contributed by atoms with van der Waals surface area (Å²) in [5, 5.41) is 0. The largest absolute Gasteiger partial charge is 0.462 e. The lowest BCUT2D eigenvalue weighted by molar-refractivity contribution is -0.159. The summed E-state index contributed by atoms with van der Waals surface area (Å²) in [7, 11) is 0. The van der Waals surface area contributed by atoms with Crippen LogP contribution in [0.1, 0.15) is 55.4 Å². The molecule has 3 heteroatoms. The third-order valence-corrected chi connectivity index (χ3v) is 2.77. The summed E-state index contributed by atoms with van der Waals surface area (Å²) in [4.78, 5) is 11.5. The van der Waals surface area contributed by atoms with Crippen LogP contribution in [0.4, 0.5) is 0 Å². The molecule has 112 valence electrons. The molecule has 0 rings (SSSR count). The van der Waals surface area contributed by atoms with Gasteiger partial charge in [-0.2, -0.15) is 0 Å². The average Bonchev–Trinajstić information content (AvgIpc) is 2.24. The lowest BCUT2D eigenvalue weighted by Gasteiger charge is -2.29. The molecular weight excluding hydrogens is 240 g/mol. The van der Waals surface area contributed by atoms with Crippen molar-refractivity contribution in [2.45, 2.75) is 67.1 Å². The number of carbonyl (C=O) groups excluding carboxylic acids is 1. The molecule has 0 fully saturated rings. The van der Waals surface area contributed by atoms with Crippen LogP contribution in [0.3, 0.4) is 0 Å². The van der Waals surface area contributed by atoms with Crippen LogP contribution >= 0.6 is 0 Å². The lowest BCUT2D eigenvalue weighted by atomic mass is 10.1. The van der Waals surface area contributed by atoms with Crippen molar-refractivity contribution in [1.29, 1.82) is 0 Å². The van der Waals surface area contributed by atoms with E-state index < -0.39 is 5.60 Å². The summed E-state index contributed by atoms with van der Waals surface area (Å²) in [6.45, 7) is 16.2. The second-order valence-corrected chi connectivity index (χ2v) is 6.44. The fourth-order valence-corrected chi connectivity index (χ4v) is 1.68. The number of carbonyl (C=O) groups is 1. The van der Waals surface area contributed by atoms with Crippen LogP contribution in [0.2, 0.25) is 0 Å². The molecular formula is C16H30O3. The quantitative estimate of drug-likeness (QED) is 0.518. The van der Waals surface area contributed by atoms with Gasteiger partial charge < -0.3 is 9.47 Å². The van der Waals surface area contributed by atoms with Crippen LogP contribution in [0.25, 0.3) is 0 Å². The Balaban J connectivity index is 4.40. The molecule has 3 nitrogen and oxygen atoms in total. The fourth-order valence-electron chi connectivity index (χ4n) is 1.68. The predicted molar refractivity (Wildman–Crippen MR) is 79.0 cm³/mol. The Hall–Kier alpha value is -0.830. The first-order chi connectivity index (χ1) is 8.55. The first-order valence-corrected chi connectivity index (χ1v) is 7.08. The van der Waals surface area contributed by atoms with Crippen LogP contribution in [0, 0.1) is 11.8 Å². The van der Waals surface area contributed by atoms with Crippen LogP contribution in [-0.2, 0) is 14.3 Å². The zero-order valence-electron chi connectivity index (χ0n) is 13.7. The maximum Gasteiger partial charge on any atom is 0.308 e. The minimum absolute atomic E-state index is 0.0233. The third-order valence-electron chi connectivity index (χ3n) is 2.77. The molecule has 0 amide bonds. The Bertz CT molecular complexity index is 314. The second-order valence-electron chi connectivity index (χ2n) is 6.44. The Morgan fingerprint density at radius 3 is 2.11 bits per heavy atom. The molecule has 0 aromatic carbocycles. The third kappa shape index (κ3) is 8.04. The number of esters is 1. The molecule has 0 aromatic rings. The molecule has 0 aliphatic rings. The van der Waals surface area contributed by atoms with Crippen molar-refractivity contribution >= 4 is 5.97 Å². The van der Waals surface area contributed by atoms with Gasteiger partial charge in [0.15, 0.2) is 0 Å². The minimum atomic E-state index is -0.476. The van der Waals surface area contributed by atoms with Crippen molar-refractivity contribution in [1.82, 2.24) is 0 Å². The number of hydrogen-bond donors (Lipinski definition) is 0. The minimum Gasteiger partial charge on any atom is -0.462 e. The maximum atomic E-state index is 11.5. The van der Waals surface area contributed by atoms with E-state index in [-0.39, 0.29) is 24.6 Å². The van der Waals surface area contributed by atoms with Gasteiger partial charge in [-0.1, -0.05) is 33.8 Å². The zero-order valence-corrected chi connectivity index (χ0v) is 13.7. The Morgan fingerprint density at radius 1 is 1.16 bits per heavy atom. The molecule has 0 heterocycles. The SMILES string of the molecule is CC(=CC(C)C)C(C)OC(C)(C)COC(=O)C(C)C. The summed E-state index contributed by atoms with van der Waals surface area (Å²) in [5.74, 6) is 0.225. The zero-order chi connectivity index (χ0) is 15.2. The summed E-state index contributed by atoms with van der Waals surface area (Å²) in [6.07, 6.45) is 2.22. The standard InChI is InChI=1S/C16H30O3/c1-11(2)9-13(5)14(6)19-16(7,8)10-18-15(17)12(3)4/h9,11-12,14H,10H2,1-8H3. The fraction of sp³-hybridized carbons (Fsp3) is 0.812. The average molecular weight is 270 g/mol. The molecule has 1 atom stereocenters. The first kappa shape index (κ1) is 18.2. The van der Waals surface area contributed by atoms with Crippen molar-refractivity contribution in [3.05, 3.63) is 11.6 Å². The lowest BCUT2D eigenvalue weighted by Crippen LogP contribution is -2.36. The van der Waals surface area contributed by atoms with E-state index in [0.717, 1.165) is 0 Å². The van der Waals surface area contributed by atoms with Gasteiger partial charge in [-0.3, -0.25) is 4.79 Å². The number of hydrogen-bond acceptors (Lipinski definition) is 3. The van der Waals surface area contributed by atoms with Gasteiger partial charge in [-0.25, -0.2) is 0 Å². The summed E-state index contributed by atoms with van der Waals surface area (Å²) < 4.78 is 11.2. The molecule has 0 saturated carbocycles. The highest BCUT2D eigenvalue weighted by Crippen LogP contribution is 2.19. The van der Waals surface area contributed by atoms with Gasteiger partial charge in [0.25, 0.3) is 0 Å². The number of rotatable bonds is 7. The highest BCUT2D eigenvalue weighted by molar-refractivity contribution is 5.71. The van der Waals surface area contributed by atoms with Gasteiger partial charge in [0.2, 0.25) is 0 Å². The van der Waals surface area contributed by atoms with E-state index in [1.807, 2.05) is 34.6 Å². The summed E-state index contributed by atoms with van der Waals surface area (Å²) in [6, 6.07) is 0. The van der Waals surface area contributed by atoms with E-state index in [1.165, 1.54) is 5.57 Å². The van der Waals surface area contributed by atoms with Crippen molar-refractivity contribution in [2.75, 3.05) is 6.61 Å². The molecule has 1 unspecified atom stereocenters. The van der Waals surface area contributed by atoms with Gasteiger partial charge in [-0.15, -0.1) is 0 Å². The molecule has 0 saturated heterocycles. The van der Waals surface area contributed by atoms with Crippen molar-refractivity contribution in [2.24, 2.45) is 11.8 Å². The van der Waals surface area contributed by atoms with E-state index >= 15 is 0 Å². The highest BCUT2D eigenvalue weighted by Gasteiger charge is 2.25. The van der Waals surface area contributed by atoms with E-state index in [9.17, 15) is 4.79 Å². The Morgan fingerprint density at radius 2 is 1.68 bits per heavy atom. The van der Waals surface area contributed by atoms with Crippen molar-refractivity contribution in [3.63, 3.8) is 0 Å². The molecule has 0 spiro atoms. The Labute approximate surface area is 118 Å². The molecule has 0 aromatic heterocycles. The molecule has 0 N–H and O–H groups in total. The predicted octanol–water partition coefficient (Wildman–Crippen LogP) is 3.97. The molecule has 0 aliphatic heterocycles. The van der Waals surface area contributed by atoms with E-state index in [4.69, 9.17) is 9.47 Å². The second kappa shape index (κ2) is 7.68. The number of ether oxygens (including phenoxy) is 2. The van der Waals surface area contributed by atoms with Crippen LogP contribution in [-0.4, -0.2) is 24.3 Å². The molecule has 19 heavy (non-hydrogen) atoms. The maximum absolute atomic E-state index is 11.5. The summed E-state index contributed by atoms with van der Waals surface area (Å²) >= 11 is 0. The van der Waals surface area contributed by atoms with Crippen molar-refractivity contribution < 1.29 is 14.3 Å². The van der Waals surface area contributed by atoms with E-state index in [2.05, 4.69) is 26.8 Å². The monoisotopic (exact) mass is 270 g/mol. The highest BCUT2D eigenvalue weighted by atomic mass is 16.6. The summed E-state index contributed by atoms with van der Waals surface area (Å²) in [5.41, 5.74) is 0.731. The van der Waals surface area contributed by atoms with Crippen LogP contribution in [0.15, 0.2) is 11.6 Å². The topological polar surface area (TPSA) is 35.5 Å². The van der Waals surface area contributed by atoms with Gasteiger partial charge in [-0.05, 0) is 39.2 Å². The van der Waals surface area contributed by atoms with Gasteiger partial charge in [0.05, 0.1) is 17.6 Å². The van der Waals surface area contributed by atoms with Gasteiger partial charge in [0.1, 0.15) is 6.61 Å². The van der Waals surface area contributed by atoms with Crippen LogP contribution < -0.4 is 0 Å². The molecule has 0 bridgehead atoms. The first-order valence-electron chi connectivity index (χ1n) is 7.08. The van der Waals surface area contributed by atoms with Crippen molar-refractivity contribution in [3.8, 4) is 0 Å².